The molecule has 0 N–H and O–H groups in total. The molecule has 172 valence electrons. The number of fused-ring (bicyclic) bond motifs is 2. The summed E-state index contributed by atoms with van der Waals surface area (Å²) in [4.78, 5) is 22.8. The van der Waals surface area contributed by atoms with Crippen LogP contribution in [0.3, 0.4) is 0 Å². The summed E-state index contributed by atoms with van der Waals surface area (Å²) >= 11 is 1.50. The van der Waals surface area contributed by atoms with Gasteiger partial charge in [-0.25, -0.2) is 4.98 Å². The molecule has 4 rings (SSSR count). The number of hydrogen-bond acceptors (Lipinski definition) is 6. The van der Waals surface area contributed by atoms with Crippen LogP contribution in [0.25, 0.3) is 21.0 Å². The van der Waals surface area contributed by atoms with Gasteiger partial charge in [0.25, 0.3) is 5.91 Å². The number of aromatic nitrogens is 1. The second-order valence-corrected chi connectivity index (χ2v) is 8.70. The molecule has 6 nitrogen and oxygen atoms in total. The number of nitrogens with zero attached hydrogens (tertiary/aromatic N) is 3. The number of rotatable bonds is 9. The van der Waals surface area contributed by atoms with Gasteiger partial charge in [-0.3, -0.25) is 9.69 Å². The molecule has 3 aromatic carbocycles. The predicted molar refractivity (Wildman–Crippen MR) is 136 cm³/mol. The van der Waals surface area contributed by atoms with Crippen LogP contribution in [0.15, 0.2) is 54.6 Å². The van der Waals surface area contributed by atoms with E-state index in [0.717, 1.165) is 40.6 Å². The minimum Gasteiger partial charge on any atom is -0.496 e. The lowest BCUT2D eigenvalue weighted by Crippen LogP contribution is -2.39. The van der Waals surface area contributed by atoms with Gasteiger partial charge in [0.05, 0.1) is 24.5 Å². The minimum atomic E-state index is -0.122. The van der Waals surface area contributed by atoms with Crippen LogP contribution in [0, 0.1) is 0 Å². The first-order valence-electron chi connectivity index (χ1n) is 11.1. The van der Waals surface area contributed by atoms with Crippen molar-refractivity contribution in [3.63, 3.8) is 0 Å². The Kier molecular flexibility index (Phi) is 7.11. The summed E-state index contributed by atoms with van der Waals surface area (Å²) in [6, 6.07) is 17.6. The van der Waals surface area contributed by atoms with E-state index in [-0.39, 0.29) is 5.91 Å². The number of para-hydroxylation sites is 1. The fourth-order valence-electron chi connectivity index (χ4n) is 3.96. The summed E-state index contributed by atoms with van der Waals surface area (Å²) in [7, 11) is 3.24. The van der Waals surface area contributed by atoms with Gasteiger partial charge in [0.1, 0.15) is 17.0 Å². The van der Waals surface area contributed by atoms with Gasteiger partial charge in [0, 0.05) is 13.1 Å². The number of likely N-dealkylation sites (N-methyl/N-ethyl adjacent to an activating group) is 1. The van der Waals surface area contributed by atoms with Crippen LogP contribution >= 0.6 is 11.3 Å². The molecule has 33 heavy (non-hydrogen) atoms. The van der Waals surface area contributed by atoms with Crippen molar-refractivity contribution in [2.75, 3.05) is 45.3 Å². The first-order valence-corrected chi connectivity index (χ1v) is 12.0. The van der Waals surface area contributed by atoms with E-state index in [1.807, 2.05) is 54.6 Å². The lowest BCUT2D eigenvalue weighted by atomic mass is 10.0. The largest absolute Gasteiger partial charge is 0.496 e. The molecule has 1 heterocycles. The van der Waals surface area contributed by atoms with Crippen molar-refractivity contribution < 1.29 is 14.3 Å². The molecule has 7 heteroatoms. The molecule has 0 aliphatic carbocycles. The van der Waals surface area contributed by atoms with Crippen molar-refractivity contribution in [2.24, 2.45) is 0 Å². The second kappa shape index (κ2) is 10.2. The molecule has 0 spiro atoms. The number of thiazole rings is 1. The monoisotopic (exact) mass is 463 g/mol. The van der Waals surface area contributed by atoms with E-state index in [1.165, 1.54) is 11.3 Å². The third kappa shape index (κ3) is 4.65. The molecule has 0 radical (unpaired) electrons. The Hall–Kier alpha value is -3.16. The Bertz CT molecular complexity index is 1270. The molecule has 0 aliphatic rings. The summed E-state index contributed by atoms with van der Waals surface area (Å²) in [6.45, 7) is 7.38. The number of hydrogen-bond donors (Lipinski definition) is 0. The summed E-state index contributed by atoms with van der Waals surface area (Å²) in [5, 5.41) is 2.68. The zero-order valence-corrected chi connectivity index (χ0v) is 20.3. The summed E-state index contributed by atoms with van der Waals surface area (Å²) < 4.78 is 12.1. The fraction of sp³-hybridized carbons (Fsp3) is 0.308. The van der Waals surface area contributed by atoms with Gasteiger partial charge in [-0.15, -0.1) is 0 Å². The van der Waals surface area contributed by atoms with E-state index in [9.17, 15) is 4.79 Å². The van der Waals surface area contributed by atoms with E-state index in [4.69, 9.17) is 14.5 Å². The van der Waals surface area contributed by atoms with E-state index in [2.05, 4.69) is 18.7 Å². The molecular weight excluding hydrogens is 434 g/mol. The maximum atomic E-state index is 14.0. The maximum absolute atomic E-state index is 14.0. The van der Waals surface area contributed by atoms with Crippen molar-refractivity contribution >= 4 is 43.4 Å². The lowest BCUT2D eigenvalue weighted by molar-refractivity contribution is 0.0981. The van der Waals surface area contributed by atoms with Crippen molar-refractivity contribution in [1.82, 2.24) is 9.88 Å². The van der Waals surface area contributed by atoms with Crippen LogP contribution in [0.5, 0.6) is 11.5 Å². The number of benzene rings is 3. The number of amides is 1. The van der Waals surface area contributed by atoms with Crippen LogP contribution in [-0.4, -0.2) is 56.2 Å². The highest BCUT2D eigenvalue weighted by Gasteiger charge is 2.25. The Morgan fingerprint density at radius 1 is 0.909 bits per heavy atom. The Balaban J connectivity index is 1.79. The molecule has 1 aromatic heterocycles. The van der Waals surface area contributed by atoms with Gasteiger partial charge >= 0.3 is 0 Å². The molecular formula is C26H29N3O3S. The Morgan fingerprint density at radius 2 is 1.61 bits per heavy atom. The van der Waals surface area contributed by atoms with E-state index in [0.29, 0.717) is 28.7 Å². The quantitative estimate of drug-likeness (QED) is 0.330. The summed E-state index contributed by atoms with van der Waals surface area (Å²) in [5.41, 5.74) is 1.30. The highest BCUT2D eigenvalue weighted by Crippen LogP contribution is 2.36. The molecule has 0 fully saturated rings. The van der Waals surface area contributed by atoms with Gasteiger partial charge in [-0.2, -0.15) is 0 Å². The first-order chi connectivity index (χ1) is 16.1. The van der Waals surface area contributed by atoms with Gasteiger partial charge in [0.2, 0.25) is 0 Å². The number of ether oxygens (including phenoxy) is 2. The standard InChI is InChI=1S/C26H29N3O3S/c1-5-28(6-2)14-15-29(26-27-24-21(31-3)12-9-13-23(24)33-26)25(30)20-16-18-10-7-8-11-19(18)17-22(20)32-4/h7-13,16-17H,5-6,14-15H2,1-4H3. The minimum absolute atomic E-state index is 0.122. The molecule has 0 unspecified atom stereocenters. The predicted octanol–water partition coefficient (Wildman–Crippen LogP) is 5.46. The highest BCUT2D eigenvalue weighted by atomic mass is 32.1. The zero-order valence-electron chi connectivity index (χ0n) is 19.5. The normalized spacial score (nSPS) is 11.3. The van der Waals surface area contributed by atoms with Crippen molar-refractivity contribution in [3.8, 4) is 11.5 Å². The van der Waals surface area contributed by atoms with E-state index in [1.54, 1.807) is 19.1 Å². The van der Waals surface area contributed by atoms with Crippen molar-refractivity contribution in [2.45, 2.75) is 13.8 Å². The molecule has 0 aliphatic heterocycles. The maximum Gasteiger partial charge on any atom is 0.263 e. The number of methoxy groups -OCH3 is 2. The number of carbonyl (C=O) groups excluding carboxylic acids is 1. The molecule has 1 amide bonds. The highest BCUT2D eigenvalue weighted by molar-refractivity contribution is 7.22. The van der Waals surface area contributed by atoms with Crippen molar-refractivity contribution in [1.29, 1.82) is 0 Å². The Labute approximate surface area is 198 Å². The number of anilines is 1. The third-order valence-electron chi connectivity index (χ3n) is 5.90. The smallest absolute Gasteiger partial charge is 0.263 e. The molecule has 0 bridgehead atoms. The zero-order chi connectivity index (χ0) is 23.4. The van der Waals surface area contributed by atoms with Gasteiger partial charge < -0.3 is 14.4 Å². The average Bonchev–Trinajstić information content (AvgIpc) is 3.29. The number of carbonyl (C=O) groups is 1. The molecule has 4 aromatic rings. The van der Waals surface area contributed by atoms with Crippen LogP contribution in [-0.2, 0) is 0 Å². The van der Waals surface area contributed by atoms with Crippen LogP contribution in [0.4, 0.5) is 5.13 Å². The molecule has 0 atom stereocenters. The van der Waals surface area contributed by atoms with E-state index < -0.39 is 0 Å². The third-order valence-corrected chi connectivity index (χ3v) is 6.94. The molecule has 0 saturated heterocycles. The second-order valence-electron chi connectivity index (χ2n) is 7.69. The van der Waals surface area contributed by atoms with Crippen LogP contribution in [0.1, 0.15) is 24.2 Å². The fourth-order valence-corrected chi connectivity index (χ4v) is 4.97. The Morgan fingerprint density at radius 3 is 2.27 bits per heavy atom. The van der Waals surface area contributed by atoms with Gasteiger partial charge in [0.15, 0.2) is 5.13 Å². The van der Waals surface area contributed by atoms with Gasteiger partial charge in [-0.05, 0) is 48.1 Å². The van der Waals surface area contributed by atoms with Crippen LogP contribution < -0.4 is 14.4 Å². The lowest BCUT2D eigenvalue weighted by Gasteiger charge is -2.25. The van der Waals surface area contributed by atoms with Crippen molar-refractivity contribution in [3.05, 3.63) is 60.2 Å². The van der Waals surface area contributed by atoms with Gasteiger partial charge in [-0.1, -0.05) is 55.5 Å². The SMILES string of the molecule is CCN(CC)CCN(C(=O)c1cc2ccccc2cc1OC)c1nc2c(OC)cccc2s1. The summed E-state index contributed by atoms with van der Waals surface area (Å²) in [5.74, 6) is 1.14. The summed E-state index contributed by atoms with van der Waals surface area (Å²) in [6.07, 6.45) is 0. The van der Waals surface area contributed by atoms with Crippen LogP contribution in [0.2, 0.25) is 0 Å². The van der Waals surface area contributed by atoms with E-state index >= 15 is 0 Å². The molecule has 0 saturated carbocycles. The topological polar surface area (TPSA) is 54.9 Å². The first kappa shape index (κ1) is 23.0. The average molecular weight is 464 g/mol.